The third-order valence-electron chi connectivity index (χ3n) is 3.07. The molecule has 1 rings (SSSR count). The van der Waals surface area contributed by atoms with Gasteiger partial charge in [0, 0.05) is 24.3 Å². The molecule has 94 valence electrons. The zero-order chi connectivity index (χ0) is 13.2. The van der Waals surface area contributed by atoms with Gasteiger partial charge in [0.2, 0.25) is 0 Å². The van der Waals surface area contributed by atoms with Gasteiger partial charge in [-0.2, -0.15) is 0 Å². The highest BCUT2D eigenvalue weighted by molar-refractivity contribution is 6.29. The number of aromatic nitrogens is 1. The Hall–Kier alpha value is -1.09. The summed E-state index contributed by atoms with van der Waals surface area (Å²) in [6.07, 6.45) is 0. The van der Waals surface area contributed by atoms with Crippen LogP contribution in [0, 0.1) is 12.8 Å². The van der Waals surface area contributed by atoms with Crippen molar-refractivity contribution in [3.05, 3.63) is 28.5 Å². The van der Waals surface area contributed by atoms with Gasteiger partial charge in [0.05, 0.1) is 0 Å². The number of carbonyl (C=O) groups excluding carboxylic acids is 1. The highest BCUT2D eigenvalue weighted by Gasteiger charge is 2.20. The van der Waals surface area contributed by atoms with Gasteiger partial charge in [-0.3, -0.25) is 4.79 Å². The molecule has 4 heteroatoms. The van der Waals surface area contributed by atoms with Crippen LogP contribution in [-0.2, 0) is 0 Å². The van der Waals surface area contributed by atoms with E-state index in [1.807, 2.05) is 20.9 Å². The van der Waals surface area contributed by atoms with Gasteiger partial charge in [0.25, 0.3) is 5.91 Å². The molecule has 0 fully saturated rings. The minimum atomic E-state index is -0.0152. The summed E-state index contributed by atoms with van der Waals surface area (Å²) in [6, 6.07) is 3.56. The highest BCUT2D eigenvalue weighted by Crippen LogP contribution is 2.15. The smallest absolute Gasteiger partial charge is 0.254 e. The number of nitrogens with zero attached hydrogens (tertiary/aromatic N) is 2. The zero-order valence-electron chi connectivity index (χ0n) is 11.0. The highest BCUT2D eigenvalue weighted by atomic mass is 35.5. The van der Waals surface area contributed by atoms with Gasteiger partial charge in [0.15, 0.2) is 0 Å². The van der Waals surface area contributed by atoms with Gasteiger partial charge >= 0.3 is 0 Å². The third kappa shape index (κ3) is 3.43. The van der Waals surface area contributed by atoms with E-state index in [0.717, 1.165) is 5.69 Å². The number of halogens is 1. The van der Waals surface area contributed by atoms with Crippen molar-refractivity contribution >= 4 is 17.5 Å². The summed E-state index contributed by atoms with van der Waals surface area (Å²) >= 11 is 5.86. The molecular formula is C13H19ClN2O. The van der Waals surface area contributed by atoms with Gasteiger partial charge < -0.3 is 4.90 Å². The van der Waals surface area contributed by atoms with Crippen LogP contribution in [0.5, 0.6) is 0 Å². The number of aryl methyl sites for hydroxylation is 1. The van der Waals surface area contributed by atoms with Gasteiger partial charge in [-0.25, -0.2) is 4.98 Å². The van der Waals surface area contributed by atoms with Crippen LogP contribution >= 0.6 is 11.6 Å². The lowest BCUT2D eigenvalue weighted by atomic mass is 10.0. The molecular weight excluding hydrogens is 236 g/mol. The lowest BCUT2D eigenvalue weighted by Gasteiger charge is -2.28. The molecule has 1 aromatic rings. The molecule has 0 spiro atoms. The van der Waals surface area contributed by atoms with E-state index in [-0.39, 0.29) is 11.9 Å². The van der Waals surface area contributed by atoms with Gasteiger partial charge in [0.1, 0.15) is 5.15 Å². The molecule has 17 heavy (non-hydrogen) atoms. The SMILES string of the molecule is Cc1cc(C(=O)N(C)C(C)C(C)C)cc(Cl)n1. The third-order valence-corrected chi connectivity index (χ3v) is 3.26. The Balaban J connectivity index is 2.96. The van der Waals surface area contributed by atoms with Crippen molar-refractivity contribution in [2.75, 3.05) is 7.05 Å². The van der Waals surface area contributed by atoms with Crippen LogP contribution in [-0.4, -0.2) is 28.9 Å². The zero-order valence-corrected chi connectivity index (χ0v) is 11.7. The number of rotatable bonds is 3. The molecule has 1 unspecified atom stereocenters. The Morgan fingerprint density at radius 3 is 2.41 bits per heavy atom. The molecule has 0 saturated heterocycles. The van der Waals surface area contributed by atoms with Crippen LogP contribution in [0.15, 0.2) is 12.1 Å². The molecule has 0 saturated carbocycles. The molecule has 0 aliphatic carbocycles. The van der Waals surface area contributed by atoms with Gasteiger partial charge in [-0.15, -0.1) is 0 Å². The Labute approximate surface area is 108 Å². The average molecular weight is 255 g/mol. The second kappa shape index (κ2) is 5.50. The molecule has 0 aliphatic rings. The summed E-state index contributed by atoms with van der Waals surface area (Å²) in [5, 5.41) is 0.360. The van der Waals surface area contributed by atoms with Gasteiger partial charge in [-0.05, 0) is 31.9 Å². The fourth-order valence-corrected chi connectivity index (χ4v) is 1.84. The topological polar surface area (TPSA) is 33.2 Å². The summed E-state index contributed by atoms with van der Waals surface area (Å²) in [5.74, 6) is 0.404. The predicted molar refractivity (Wildman–Crippen MR) is 70.4 cm³/mol. The number of pyridine rings is 1. The first-order valence-electron chi connectivity index (χ1n) is 5.74. The summed E-state index contributed by atoms with van der Waals surface area (Å²) in [7, 11) is 1.82. The largest absolute Gasteiger partial charge is 0.339 e. The fourth-order valence-electron chi connectivity index (χ4n) is 1.59. The van der Waals surface area contributed by atoms with Crippen LogP contribution in [0.1, 0.15) is 36.8 Å². The Morgan fingerprint density at radius 2 is 1.94 bits per heavy atom. The normalized spacial score (nSPS) is 12.6. The van der Waals surface area contributed by atoms with Crippen molar-refractivity contribution in [3.63, 3.8) is 0 Å². The van der Waals surface area contributed by atoms with Gasteiger partial charge in [-0.1, -0.05) is 25.4 Å². The molecule has 1 aromatic heterocycles. The fraction of sp³-hybridized carbons (Fsp3) is 0.538. The standard InChI is InChI=1S/C13H19ClN2O/c1-8(2)10(4)16(5)13(17)11-6-9(3)15-12(14)7-11/h6-8,10H,1-5H3. The first-order valence-corrected chi connectivity index (χ1v) is 6.12. The minimum Gasteiger partial charge on any atom is -0.339 e. The van der Waals surface area contributed by atoms with E-state index in [0.29, 0.717) is 16.6 Å². The maximum absolute atomic E-state index is 12.2. The maximum atomic E-state index is 12.2. The maximum Gasteiger partial charge on any atom is 0.254 e. The Kier molecular flexibility index (Phi) is 4.52. The van der Waals surface area contributed by atoms with E-state index in [2.05, 4.69) is 18.8 Å². The average Bonchev–Trinajstić information content (AvgIpc) is 2.24. The van der Waals surface area contributed by atoms with E-state index < -0.39 is 0 Å². The van der Waals surface area contributed by atoms with Crippen LogP contribution in [0.25, 0.3) is 0 Å². The van der Waals surface area contributed by atoms with E-state index in [9.17, 15) is 4.79 Å². The summed E-state index contributed by atoms with van der Waals surface area (Å²) < 4.78 is 0. The first-order chi connectivity index (χ1) is 7.82. The van der Waals surface area contributed by atoms with Crippen LogP contribution < -0.4 is 0 Å². The molecule has 0 radical (unpaired) electrons. The molecule has 0 aromatic carbocycles. The molecule has 1 atom stereocenters. The van der Waals surface area contributed by atoms with Crippen LogP contribution in [0.3, 0.4) is 0 Å². The summed E-state index contributed by atoms with van der Waals surface area (Å²) in [5.41, 5.74) is 1.35. The van der Waals surface area contributed by atoms with Crippen molar-refractivity contribution in [3.8, 4) is 0 Å². The number of amides is 1. The van der Waals surface area contributed by atoms with Crippen LogP contribution in [0.4, 0.5) is 0 Å². The van der Waals surface area contributed by atoms with Crippen molar-refractivity contribution in [1.82, 2.24) is 9.88 Å². The Morgan fingerprint density at radius 1 is 1.35 bits per heavy atom. The van der Waals surface area contributed by atoms with Crippen LogP contribution in [0.2, 0.25) is 5.15 Å². The second-order valence-electron chi connectivity index (χ2n) is 4.72. The lowest BCUT2D eigenvalue weighted by molar-refractivity contribution is 0.0707. The Bertz CT molecular complexity index is 398. The van der Waals surface area contributed by atoms with Crippen molar-refractivity contribution in [2.45, 2.75) is 33.7 Å². The van der Waals surface area contributed by atoms with E-state index in [4.69, 9.17) is 11.6 Å². The summed E-state index contributed by atoms with van der Waals surface area (Å²) in [4.78, 5) is 18.0. The minimum absolute atomic E-state index is 0.0152. The summed E-state index contributed by atoms with van der Waals surface area (Å²) in [6.45, 7) is 8.06. The number of hydrogen-bond acceptors (Lipinski definition) is 2. The molecule has 1 heterocycles. The lowest BCUT2D eigenvalue weighted by Crippen LogP contribution is -2.38. The molecule has 1 amide bonds. The first kappa shape index (κ1) is 14.0. The number of hydrogen-bond donors (Lipinski definition) is 0. The quantitative estimate of drug-likeness (QED) is 0.777. The number of carbonyl (C=O) groups is 1. The van der Waals surface area contributed by atoms with Crippen molar-refractivity contribution < 1.29 is 4.79 Å². The monoisotopic (exact) mass is 254 g/mol. The molecule has 0 N–H and O–H groups in total. The van der Waals surface area contributed by atoms with E-state index >= 15 is 0 Å². The van der Waals surface area contributed by atoms with E-state index in [1.165, 1.54) is 0 Å². The van der Waals surface area contributed by atoms with Crippen molar-refractivity contribution in [1.29, 1.82) is 0 Å². The molecule has 0 bridgehead atoms. The van der Waals surface area contributed by atoms with E-state index in [1.54, 1.807) is 17.0 Å². The second-order valence-corrected chi connectivity index (χ2v) is 5.11. The molecule has 0 aliphatic heterocycles. The van der Waals surface area contributed by atoms with Crippen molar-refractivity contribution in [2.24, 2.45) is 5.92 Å². The predicted octanol–water partition coefficient (Wildman–Crippen LogP) is 3.16. The molecule has 3 nitrogen and oxygen atoms in total.